The Morgan fingerprint density at radius 1 is 1.42 bits per heavy atom. The zero-order valence-corrected chi connectivity index (χ0v) is 12.3. The second-order valence-electron chi connectivity index (χ2n) is 5.51. The van der Waals surface area contributed by atoms with Crippen LogP contribution in [-0.2, 0) is 0 Å². The number of likely N-dealkylation sites (tertiary alicyclic amines) is 1. The molecule has 6 nitrogen and oxygen atoms in total. The van der Waals surface area contributed by atoms with Gasteiger partial charge in [0.2, 0.25) is 0 Å². The van der Waals surface area contributed by atoms with Crippen molar-refractivity contribution in [1.82, 2.24) is 14.9 Å². The lowest BCUT2D eigenvalue weighted by Crippen LogP contribution is -2.29. The Balaban J connectivity index is 2.14. The molecule has 106 valence electrons. The van der Waals surface area contributed by atoms with Gasteiger partial charge < -0.3 is 15.2 Å². The quantitative estimate of drug-likeness (QED) is 0.618. The number of hydrogen-bond donors (Lipinski definition) is 2. The van der Waals surface area contributed by atoms with Crippen LogP contribution in [0.15, 0.2) is 0 Å². The van der Waals surface area contributed by atoms with E-state index in [1.165, 1.54) is 13.0 Å². The van der Waals surface area contributed by atoms with Gasteiger partial charge in [0.1, 0.15) is 17.5 Å². The van der Waals surface area contributed by atoms with Crippen molar-refractivity contribution in [3.05, 3.63) is 11.4 Å². The van der Waals surface area contributed by atoms with Crippen molar-refractivity contribution in [3.63, 3.8) is 0 Å². The van der Waals surface area contributed by atoms with Crippen LogP contribution in [0, 0.1) is 19.8 Å². The highest BCUT2D eigenvalue weighted by Gasteiger charge is 2.22. The van der Waals surface area contributed by atoms with Crippen LogP contribution >= 0.6 is 0 Å². The van der Waals surface area contributed by atoms with Crippen molar-refractivity contribution in [2.45, 2.75) is 20.3 Å². The van der Waals surface area contributed by atoms with E-state index in [1.807, 2.05) is 13.8 Å². The number of hydrazine groups is 1. The molecular weight excluding hydrogens is 240 g/mol. The normalized spacial score (nSPS) is 19.7. The molecule has 0 bridgehead atoms. The summed E-state index contributed by atoms with van der Waals surface area (Å²) in [4.78, 5) is 13.4. The van der Waals surface area contributed by atoms with Gasteiger partial charge in [0.15, 0.2) is 0 Å². The largest absolute Gasteiger partial charge is 0.359 e. The van der Waals surface area contributed by atoms with Crippen LogP contribution in [0.4, 0.5) is 11.6 Å². The molecule has 1 atom stereocenters. The lowest BCUT2D eigenvalue weighted by Gasteiger charge is -2.24. The van der Waals surface area contributed by atoms with Crippen molar-refractivity contribution in [1.29, 1.82) is 0 Å². The maximum Gasteiger partial charge on any atom is 0.148 e. The number of hydrogen-bond acceptors (Lipinski definition) is 6. The number of nitrogens with two attached hydrogens (primary N) is 1. The Morgan fingerprint density at radius 2 is 2.16 bits per heavy atom. The van der Waals surface area contributed by atoms with Crippen molar-refractivity contribution in [2.24, 2.45) is 11.8 Å². The van der Waals surface area contributed by atoms with E-state index in [4.69, 9.17) is 5.84 Å². The van der Waals surface area contributed by atoms with E-state index >= 15 is 0 Å². The molecule has 6 heteroatoms. The molecule has 3 N–H and O–H groups in total. The fraction of sp³-hybridized carbons (Fsp3) is 0.692. The second kappa shape index (κ2) is 5.71. The predicted octanol–water partition coefficient (Wildman–Crippen LogP) is 0.767. The van der Waals surface area contributed by atoms with Gasteiger partial charge in [0.05, 0.1) is 0 Å². The van der Waals surface area contributed by atoms with E-state index in [2.05, 4.69) is 39.3 Å². The Labute approximate surface area is 115 Å². The van der Waals surface area contributed by atoms with Crippen LogP contribution in [0.2, 0.25) is 0 Å². The fourth-order valence-electron chi connectivity index (χ4n) is 2.77. The second-order valence-corrected chi connectivity index (χ2v) is 5.51. The Morgan fingerprint density at radius 3 is 2.74 bits per heavy atom. The third kappa shape index (κ3) is 3.13. The summed E-state index contributed by atoms with van der Waals surface area (Å²) in [5.41, 5.74) is 3.65. The van der Waals surface area contributed by atoms with Gasteiger partial charge in [-0.25, -0.2) is 15.8 Å². The number of nitrogens with one attached hydrogen (secondary N) is 1. The topological polar surface area (TPSA) is 70.3 Å². The summed E-state index contributed by atoms with van der Waals surface area (Å²) in [5.74, 6) is 8.63. The van der Waals surface area contributed by atoms with Crippen molar-refractivity contribution in [2.75, 3.05) is 44.1 Å². The molecule has 0 radical (unpaired) electrons. The van der Waals surface area contributed by atoms with E-state index in [-0.39, 0.29) is 0 Å². The molecule has 1 aliphatic heterocycles. The summed E-state index contributed by atoms with van der Waals surface area (Å²) in [6.07, 6.45) is 1.26. The van der Waals surface area contributed by atoms with Crippen LogP contribution < -0.4 is 16.2 Å². The average molecular weight is 264 g/mol. The molecule has 0 saturated carbocycles. The van der Waals surface area contributed by atoms with E-state index < -0.39 is 0 Å². The maximum atomic E-state index is 5.50. The smallest absolute Gasteiger partial charge is 0.148 e. The van der Waals surface area contributed by atoms with Crippen LogP contribution in [0.25, 0.3) is 0 Å². The van der Waals surface area contributed by atoms with Crippen LogP contribution in [0.1, 0.15) is 17.8 Å². The zero-order valence-electron chi connectivity index (χ0n) is 12.3. The highest BCUT2D eigenvalue weighted by molar-refractivity contribution is 5.57. The van der Waals surface area contributed by atoms with Crippen molar-refractivity contribution in [3.8, 4) is 0 Å². The van der Waals surface area contributed by atoms with E-state index in [9.17, 15) is 0 Å². The van der Waals surface area contributed by atoms with Crippen LogP contribution in [0.3, 0.4) is 0 Å². The minimum Gasteiger partial charge on any atom is -0.359 e. The molecule has 2 rings (SSSR count). The van der Waals surface area contributed by atoms with E-state index in [1.54, 1.807) is 0 Å². The third-order valence-corrected chi connectivity index (χ3v) is 3.75. The molecule has 1 aromatic heterocycles. The number of nitrogen functional groups attached to an aromatic ring is 1. The molecule has 2 heterocycles. The van der Waals surface area contributed by atoms with Crippen molar-refractivity contribution < 1.29 is 0 Å². The van der Waals surface area contributed by atoms with Gasteiger partial charge in [-0.15, -0.1) is 0 Å². The Bertz CT molecular complexity index is 447. The first-order valence-corrected chi connectivity index (χ1v) is 6.72. The molecular formula is C13H24N6. The minimum absolute atomic E-state index is 0.706. The van der Waals surface area contributed by atoms with Crippen LogP contribution in [-0.4, -0.2) is 48.6 Å². The highest BCUT2D eigenvalue weighted by atomic mass is 15.3. The van der Waals surface area contributed by atoms with E-state index in [0.717, 1.165) is 30.3 Å². The SMILES string of the molecule is Cc1nc(NN)c(C)c(N(C)CC2CCN(C)C2)n1. The number of anilines is 2. The van der Waals surface area contributed by atoms with Gasteiger partial charge in [-0.1, -0.05) is 0 Å². The Kier molecular flexibility index (Phi) is 4.21. The van der Waals surface area contributed by atoms with Gasteiger partial charge in [0.25, 0.3) is 0 Å². The standard InChI is InChI=1S/C13H24N6/c1-9-12(17-14)15-10(2)16-13(9)19(4)8-11-5-6-18(3)7-11/h11H,5-8,14H2,1-4H3,(H,15,16,17). The lowest BCUT2D eigenvalue weighted by molar-refractivity contribution is 0.395. The van der Waals surface area contributed by atoms with E-state index in [0.29, 0.717) is 11.7 Å². The number of aryl methyl sites for hydroxylation is 1. The zero-order chi connectivity index (χ0) is 14.0. The first-order chi connectivity index (χ1) is 9.01. The molecule has 1 unspecified atom stereocenters. The van der Waals surface area contributed by atoms with Gasteiger partial charge in [-0.3, -0.25) is 0 Å². The monoisotopic (exact) mass is 264 g/mol. The van der Waals surface area contributed by atoms with Crippen molar-refractivity contribution >= 4 is 11.6 Å². The molecule has 0 aliphatic carbocycles. The summed E-state index contributed by atoms with van der Waals surface area (Å²) >= 11 is 0. The minimum atomic E-state index is 0.706. The van der Waals surface area contributed by atoms with Gasteiger partial charge >= 0.3 is 0 Å². The maximum absolute atomic E-state index is 5.50. The molecule has 1 aromatic rings. The molecule has 0 amide bonds. The summed E-state index contributed by atoms with van der Waals surface area (Å²) in [5, 5.41) is 0. The first kappa shape index (κ1) is 14.0. The predicted molar refractivity (Wildman–Crippen MR) is 78.2 cm³/mol. The third-order valence-electron chi connectivity index (χ3n) is 3.75. The molecule has 0 aromatic carbocycles. The van der Waals surface area contributed by atoms with Gasteiger partial charge in [-0.2, -0.15) is 0 Å². The summed E-state index contributed by atoms with van der Waals surface area (Å²) in [6.45, 7) is 7.26. The molecule has 19 heavy (non-hydrogen) atoms. The number of nitrogens with zero attached hydrogens (tertiary/aromatic N) is 4. The summed E-state index contributed by atoms with van der Waals surface area (Å²) < 4.78 is 0. The lowest BCUT2D eigenvalue weighted by atomic mass is 10.1. The van der Waals surface area contributed by atoms with Gasteiger partial charge in [0, 0.05) is 25.7 Å². The first-order valence-electron chi connectivity index (χ1n) is 6.72. The summed E-state index contributed by atoms with van der Waals surface area (Å²) in [7, 11) is 4.27. The molecule has 1 aliphatic rings. The fourth-order valence-corrected chi connectivity index (χ4v) is 2.77. The summed E-state index contributed by atoms with van der Waals surface area (Å²) in [6, 6.07) is 0. The Hall–Kier alpha value is -1.40. The number of aromatic nitrogens is 2. The van der Waals surface area contributed by atoms with Gasteiger partial charge in [-0.05, 0) is 39.8 Å². The molecule has 0 spiro atoms. The number of rotatable bonds is 4. The van der Waals surface area contributed by atoms with Crippen LogP contribution in [0.5, 0.6) is 0 Å². The molecule has 1 saturated heterocycles. The highest BCUT2D eigenvalue weighted by Crippen LogP contribution is 2.24. The molecule has 1 fully saturated rings. The average Bonchev–Trinajstić information content (AvgIpc) is 2.77.